The topological polar surface area (TPSA) is 206 Å². The van der Waals surface area contributed by atoms with Crippen LogP contribution < -0.4 is 27.0 Å². The summed E-state index contributed by atoms with van der Waals surface area (Å²) in [7, 11) is 1.08. The van der Waals surface area contributed by atoms with Crippen molar-refractivity contribution in [2.24, 2.45) is 11.7 Å². The Kier molecular flexibility index (Phi) is 16.5. The van der Waals surface area contributed by atoms with E-state index in [0.717, 1.165) is 15.7 Å². The Balaban J connectivity index is 1.96. The molecule has 7 amide bonds. The van der Waals surface area contributed by atoms with E-state index in [1.807, 2.05) is 0 Å². The highest BCUT2D eigenvalue weighted by molar-refractivity contribution is 8.69. The smallest absolute Gasteiger partial charge is 0.322 e. The number of benzene rings is 1. The fraction of sp³-hybridized carbons (Fsp3) is 0.531. The number of carbonyl (C=O) groups excluding carboxylic acids is 7. The number of hydrogen-bond acceptors (Lipinski definition) is 10. The summed E-state index contributed by atoms with van der Waals surface area (Å²) in [4.78, 5) is 87.2. The lowest BCUT2D eigenvalue weighted by molar-refractivity contribution is -0.147. The zero-order valence-corrected chi connectivity index (χ0v) is 29.4. The minimum Gasteiger partial charge on any atom is -0.460 e. The number of ether oxygens (including phenoxy) is 1. The maximum atomic E-state index is 13.4. The molecule has 2 rings (SSSR count). The molecule has 1 heterocycles. The van der Waals surface area contributed by atoms with Crippen LogP contribution in [0.1, 0.15) is 71.8 Å². The van der Waals surface area contributed by atoms with E-state index < -0.39 is 40.6 Å². The highest BCUT2D eigenvalue weighted by atomic mass is 33.1. The van der Waals surface area contributed by atoms with Gasteiger partial charge in [0.25, 0.3) is 11.8 Å². The first-order valence-electron chi connectivity index (χ1n) is 15.7. The number of anilines is 1. The van der Waals surface area contributed by atoms with E-state index in [-0.39, 0.29) is 56.2 Å². The summed E-state index contributed by atoms with van der Waals surface area (Å²) in [6, 6.07) is 4.04. The van der Waals surface area contributed by atoms with Crippen LogP contribution in [0.4, 0.5) is 10.5 Å². The van der Waals surface area contributed by atoms with Crippen LogP contribution in [0.25, 0.3) is 0 Å². The Morgan fingerprint density at radius 1 is 0.938 bits per heavy atom. The molecule has 1 aliphatic heterocycles. The largest absolute Gasteiger partial charge is 0.460 e. The molecule has 0 fully saturated rings. The lowest BCUT2D eigenvalue weighted by atomic mass is 10.0. The number of rotatable bonds is 20. The molecule has 1 aliphatic rings. The van der Waals surface area contributed by atoms with Crippen LogP contribution in [0, 0.1) is 5.92 Å². The Morgan fingerprint density at radius 2 is 1.58 bits per heavy atom. The van der Waals surface area contributed by atoms with Gasteiger partial charge in [-0.2, -0.15) is 0 Å². The fourth-order valence-corrected chi connectivity index (χ4v) is 4.84. The molecule has 0 aromatic heterocycles. The summed E-state index contributed by atoms with van der Waals surface area (Å²) < 4.78 is 4.54. The van der Waals surface area contributed by atoms with Crippen LogP contribution in [-0.2, 0) is 40.1 Å². The van der Waals surface area contributed by atoms with Crippen molar-refractivity contribution in [2.45, 2.75) is 89.7 Å². The number of esters is 1. The number of imide groups is 1. The van der Waals surface area contributed by atoms with Crippen molar-refractivity contribution in [3.05, 3.63) is 42.0 Å². The van der Waals surface area contributed by atoms with Gasteiger partial charge in [0.1, 0.15) is 23.4 Å². The molecule has 0 bridgehead atoms. The van der Waals surface area contributed by atoms with Crippen molar-refractivity contribution in [3.8, 4) is 0 Å². The van der Waals surface area contributed by atoms with Crippen LogP contribution in [0.5, 0.6) is 0 Å². The van der Waals surface area contributed by atoms with Gasteiger partial charge in [0.2, 0.25) is 17.7 Å². The molecule has 264 valence electrons. The molecule has 6 N–H and O–H groups in total. The van der Waals surface area contributed by atoms with Gasteiger partial charge in [0.15, 0.2) is 0 Å². The third kappa shape index (κ3) is 13.6. The van der Waals surface area contributed by atoms with Gasteiger partial charge in [-0.05, 0) is 63.1 Å². The van der Waals surface area contributed by atoms with Crippen molar-refractivity contribution in [1.29, 1.82) is 0 Å². The summed E-state index contributed by atoms with van der Waals surface area (Å²) in [5, 5.41) is 10.7. The van der Waals surface area contributed by atoms with Crippen LogP contribution >= 0.6 is 22.5 Å². The number of nitrogens with two attached hydrogens (primary N) is 1. The lowest BCUT2D eigenvalue weighted by Crippen LogP contribution is -2.54. The number of thiol groups is 1. The zero-order valence-electron chi connectivity index (χ0n) is 27.7. The predicted molar refractivity (Wildman–Crippen MR) is 185 cm³/mol. The molecule has 0 saturated carbocycles. The van der Waals surface area contributed by atoms with Gasteiger partial charge >= 0.3 is 12.0 Å². The minimum absolute atomic E-state index is 0.0387. The van der Waals surface area contributed by atoms with Crippen molar-refractivity contribution >= 4 is 69.7 Å². The molecule has 14 nitrogen and oxygen atoms in total. The van der Waals surface area contributed by atoms with Crippen molar-refractivity contribution in [2.75, 3.05) is 18.4 Å². The molecular formula is C32H46N6O8S2. The van der Waals surface area contributed by atoms with E-state index in [1.54, 1.807) is 52.0 Å². The van der Waals surface area contributed by atoms with Crippen LogP contribution in [0.2, 0.25) is 0 Å². The van der Waals surface area contributed by atoms with Gasteiger partial charge in [0, 0.05) is 37.3 Å². The summed E-state index contributed by atoms with van der Waals surface area (Å²) in [5.41, 5.74) is 6.28. The van der Waals surface area contributed by atoms with Gasteiger partial charge in [-0.3, -0.25) is 33.7 Å². The molecule has 16 heteroatoms. The second-order valence-corrected chi connectivity index (χ2v) is 13.9. The van der Waals surface area contributed by atoms with E-state index >= 15 is 0 Å². The summed E-state index contributed by atoms with van der Waals surface area (Å²) in [6.45, 7) is 7.45. The molecule has 1 aromatic rings. The Labute approximate surface area is 289 Å². The maximum absolute atomic E-state index is 13.4. The van der Waals surface area contributed by atoms with E-state index in [2.05, 4.69) is 32.9 Å². The van der Waals surface area contributed by atoms with Gasteiger partial charge in [-0.15, -0.1) is 11.7 Å². The third-order valence-electron chi connectivity index (χ3n) is 7.36. The second kappa shape index (κ2) is 19.7. The molecular weight excluding hydrogens is 661 g/mol. The van der Waals surface area contributed by atoms with Crippen molar-refractivity contribution in [1.82, 2.24) is 20.9 Å². The average Bonchev–Trinajstić information content (AvgIpc) is 3.36. The van der Waals surface area contributed by atoms with E-state index in [9.17, 15) is 33.6 Å². The van der Waals surface area contributed by atoms with E-state index in [0.29, 0.717) is 36.9 Å². The first-order chi connectivity index (χ1) is 22.6. The van der Waals surface area contributed by atoms with Crippen LogP contribution in [0.15, 0.2) is 36.4 Å². The fourth-order valence-electron chi connectivity index (χ4n) is 4.49. The van der Waals surface area contributed by atoms with E-state index in [1.165, 1.54) is 12.2 Å². The molecule has 0 saturated heterocycles. The van der Waals surface area contributed by atoms with Crippen LogP contribution in [-0.4, -0.2) is 76.4 Å². The van der Waals surface area contributed by atoms with Gasteiger partial charge < -0.3 is 31.7 Å². The van der Waals surface area contributed by atoms with E-state index in [4.69, 9.17) is 10.5 Å². The first kappa shape index (κ1) is 40.1. The number of nitrogens with one attached hydrogen (secondary N) is 4. The number of nitrogens with zero attached hydrogens (tertiary/aromatic N) is 1. The van der Waals surface area contributed by atoms with Gasteiger partial charge in [0.05, 0.1) is 0 Å². The summed E-state index contributed by atoms with van der Waals surface area (Å²) in [6.07, 6.45) is 4.73. The average molecular weight is 707 g/mol. The van der Waals surface area contributed by atoms with Gasteiger partial charge in [-0.25, -0.2) is 4.79 Å². The Bertz CT molecular complexity index is 1330. The molecule has 48 heavy (non-hydrogen) atoms. The van der Waals surface area contributed by atoms with Crippen molar-refractivity contribution in [3.63, 3.8) is 0 Å². The number of urea groups is 1. The molecule has 1 unspecified atom stereocenters. The highest BCUT2D eigenvalue weighted by Crippen LogP contribution is 2.29. The monoisotopic (exact) mass is 706 g/mol. The first-order valence-corrected chi connectivity index (χ1v) is 17.6. The minimum atomic E-state index is -1.00. The SMILES string of the molecule is CC(C)C(NC(=O)CCCCCN1C(=O)C=CC1=O)C(=O)N[C@@H](CCCNC(N)=O)C(=O)Nc1ccc(COC(=O)C(C)(C)SS)cc1. The number of amides is 7. The Morgan fingerprint density at radius 3 is 2.17 bits per heavy atom. The summed E-state index contributed by atoms with van der Waals surface area (Å²) in [5.74, 6) is -2.80. The van der Waals surface area contributed by atoms with Crippen molar-refractivity contribution < 1.29 is 38.3 Å². The number of primary amides is 1. The van der Waals surface area contributed by atoms with Gasteiger partial charge in [-0.1, -0.05) is 43.2 Å². The molecule has 2 atom stereocenters. The molecule has 0 aliphatic carbocycles. The number of carbonyl (C=O) groups is 7. The second-order valence-electron chi connectivity index (χ2n) is 12.1. The molecule has 0 spiro atoms. The normalized spacial score (nSPS) is 14.0. The molecule has 1 aromatic carbocycles. The number of hydrogen-bond donors (Lipinski definition) is 6. The standard InChI is InChI=1S/C32H46N6O8S2/c1-20(2)27(37-24(39)10-6-5-7-18-38-25(40)15-16-26(38)41)29(43)36-23(9-8-17-34-31(33)45)28(42)35-22-13-11-21(12-14-22)19-46-30(44)32(3,4)48-47/h11-16,20,23,27,47H,5-10,17-19H2,1-4H3,(H,35,42)(H,36,43)(H,37,39)(H3,33,34,45)/t23-,27?/m0/s1. The highest BCUT2D eigenvalue weighted by Gasteiger charge is 2.30. The summed E-state index contributed by atoms with van der Waals surface area (Å²) >= 11 is 4.10. The number of unbranched alkanes of at least 4 members (excludes halogenated alkanes) is 2. The van der Waals surface area contributed by atoms with Crippen LogP contribution in [0.3, 0.4) is 0 Å². The molecule has 0 radical (unpaired) electrons. The predicted octanol–water partition coefficient (Wildman–Crippen LogP) is 2.58. The maximum Gasteiger partial charge on any atom is 0.322 e. The zero-order chi connectivity index (χ0) is 35.9. The third-order valence-corrected chi connectivity index (χ3v) is 9.36. The lowest BCUT2D eigenvalue weighted by Gasteiger charge is -2.25. The Hall–Kier alpha value is -4.05. The quantitative estimate of drug-likeness (QED) is 0.0387.